The molecular weight excluding hydrogens is 236 g/mol. The minimum absolute atomic E-state index is 0.398. The normalized spacial score (nSPS) is 22.4. The van der Waals surface area contributed by atoms with E-state index in [1.807, 2.05) is 13.0 Å². The van der Waals surface area contributed by atoms with Gasteiger partial charge in [0.1, 0.15) is 5.75 Å². The molecule has 0 bridgehead atoms. The molecular formula is C16H24N2O. The lowest BCUT2D eigenvalue weighted by Crippen LogP contribution is -2.45. The maximum absolute atomic E-state index is 10.3. The van der Waals surface area contributed by atoms with E-state index in [0.29, 0.717) is 11.8 Å². The van der Waals surface area contributed by atoms with Gasteiger partial charge in [-0.2, -0.15) is 0 Å². The van der Waals surface area contributed by atoms with Crippen molar-refractivity contribution in [1.82, 2.24) is 10.2 Å². The first-order valence-corrected chi connectivity index (χ1v) is 7.48. The molecule has 1 aromatic rings. The molecule has 0 spiro atoms. The number of phenolic OH excluding ortho intramolecular Hbond substituents is 1. The molecule has 19 heavy (non-hydrogen) atoms. The lowest BCUT2D eigenvalue weighted by atomic mass is 9.96. The van der Waals surface area contributed by atoms with Crippen molar-refractivity contribution in [3.05, 3.63) is 29.3 Å². The van der Waals surface area contributed by atoms with Crippen LogP contribution in [-0.4, -0.2) is 36.2 Å². The fourth-order valence-corrected chi connectivity index (χ4v) is 3.07. The summed E-state index contributed by atoms with van der Waals surface area (Å²) in [5.41, 5.74) is 2.26. The van der Waals surface area contributed by atoms with Crippen LogP contribution in [0.25, 0.3) is 0 Å². The standard InChI is InChI=1S/C16H24N2O/c1-12-2-5-14(16(19)10-12)15(11-13-3-4-13)18-8-6-17-7-9-18/h2,5,10,13,15,17,19H,3-4,6-9,11H2,1H3/t15-/m0/s1. The highest BCUT2D eigenvalue weighted by molar-refractivity contribution is 5.38. The van der Waals surface area contributed by atoms with Gasteiger partial charge in [-0.25, -0.2) is 0 Å². The number of phenols is 1. The van der Waals surface area contributed by atoms with Crippen LogP contribution in [0, 0.1) is 12.8 Å². The van der Waals surface area contributed by atoms with E-state index in [-0.39, 0.29) is 0 Å². The quantitative estimate of drug-likeness (QED) is 0.873. The average Bonchev–Trinajstić information content (AvgIpc) is 3.22. The highest BCUT2D eigenvalue weighted by Crippen LogP contribution is 2.42. The third-order valence-corrected chi connectivity index (χ3v) is 4.39. The SMILES string of the molecule is Cc1ccc([C@H](CC2CC2)N2CCNCC2)c(O)c1. The summed E-state index contributed by atoms with van der Waals surface area (Å²) in [6.45, 7) is 6.33. The number of nitrogens with zero attached hydrogens (tertiary/aromatic N) is 1. The fourth-order valence-electron chi connectivity index (χ4n) is 3.07. The van der Waals surface area contributed by atoms with Gasteiger partial charge < -0.3 is 10.4 Å². The number of piperazine rings is 1. The van der Waals surface area contributed by atoms with Gasteiger partial charge >= 0.3 is 0 Å². The number of hydrogen-bond donors (Lipinski definition) is 2. The Morgan fingerprint density at radius 2 is 2.05 bits per heavy atom. The Hall–Kier alpha value is -1.06. The molecule has 0 unspecified atom stereocenters. The zero-order valence-electron chi connectivity index (χ0n) is 11.7. The van der Waals surface area contributed by atoms with Crippen LogP contribution in [0.15, 0.2) is 18.2 Å². The Bertz CT molecular complexity index is 436. The molecule has 0 radical (unpaired) electrons. The van der Waals surface area contributed by atoms with Crippen LogP contribution >= 0.6 is 0 Å². The molecule has 0 amide bonds. The topological polar surface area (TPSA) is 35.5 Å². The van der Waals surface area contributed by atoms with Crippen molar-refractivity contribution in [3.8, 4) is 5.75 Å². The van der Waals surface area contributed by atoms with Crippen molar-refractivity contribution in [3.63, 3.8) is 0 Å². The molecule has 1 heterocycles. The van der Waals surface area contributed by atoms with Crippen LogP contribution in [0.1, 0.15) is 36.4 Å². The van der Waals surface area contributed by atoms with Crippen molar-refractivity contribution in [2.75, 3.05) is 26.2 Å². The van der Waals surface area contributed by atoms with Gasteiger partial charge in [0.2, 0.25) is 0 Å². The fraction of sp³-hybridized carbons (Fsp3) is 0.625. The van der Waals surface area contributed by atoms with Crippen LogP contribution < -0.4 is 5.32 Å². The summed E-state index contributed by atoms with van der Waals surface area (Å²) in [6, 6.07) is 6.55. The zero-order valence-corrected chi connectivity index (χ0v) is 11.7. The van der Waals surface area contributed by atoms with Crippen molar-refractivity contribution in [2.24, 2.45) is 5.92 Å². The molecule has 1 aromatic carbocycles. The van der Waals surface area contributed by atoms with Gasteiger partial charge in [0, 0.05) is 37.8 Å². The van der Waals surface area contributed by atoms with E-state index in [1.54, 1.807) is 0 Å². The summed E-state index contributed by atoms with van der Waals surface area (Å²) in [5.74, 6) is 1.35. The Balaban J connectivity index is 1.83. The molecule has 104 valence electrons. The van der Waals surface area contributed by atoms with Gasteiger partial charge in [0.15, 0.2) is 0 Å². The first kappa shape index (κ1) is 12.9. The summed E-state index contributed by atoms with van der Waals surface area (Å²) in [6.07, 6.45) is 3.95. The molecule has 1 aliphatic carbocycles. The number of nitrogens with one attached hydrogen (secondary N) is 1. The van der Waals surface area contributed by atoms with E-state index in [0.717, 1.165) is 43.2 Å². The minimum atomic E-state index is 0.398. The van der Waals surface area contributed by atoms with E-state index >= 15 is 0 Å². The molecule has 3 rings (SSSR count). The van der Waals surface area contributed by atoms with Crippen molar-refractivity contribution >= 4 is 0 Å². The molecule has 2 fully saturated rings. The van der Waals surface area contributed by atoms with Crippen LogP contribution in [-0.2, 0) is 0 Å². The van der Waals surface area contributed by atoms with Crippen molar-refractivity contribution in [2.45, 2.75) is 32.2 Å². The first-order chi connectivity index (χ1) is 9.24. The van der Waals surface area contributed by atoms with Gasteiger partial charge in [-0.05, 0) is 30.9 Å². The zero-order chi connectivity index (χ0) is 13.2. The maximum Gasteiger partial charge on any atom is 0.120 e. The molecule has 3 heteroatoms. The second kappa shape index (κ2) is 5.51. The van der Waals surface area contributed by atoms with Crippen LogP contribution in [0.5, 0.6) is 5.75 Å². The Labute approximate surface area is 115 Å². The third kappa shape index (κ3) is 3.10. The van der Waals surface area contributed by atoms with E-state index in [9.17, 15) is 5.11 Å². The predicted octanol–water partition coefficient (Wildman–Crippen LogP) is 2.45. The summed E-state index contributed by atoms with van der Waals surface area (Å²) < 4.78 is 0. The van der Waals surface area contributed by atoms with E-state index in [1.165, 1.54) is 19.3 Å². The minimum Gasteiger partial charge on any atom is -0.508 e. The average molecular weight is 260 g/mol. The van der Waals surface area contributed by atoms with Gasteiger partial charge in [0.25, 0.3) is 0 Å². The Morgan fingerprint density at radius 3 is 2.68 bits per heavy atom. The smallest absolute Gasteiger partial charge is 0.120 e. The summed E-state index contributed by atoms with van der Waals surface area (Å²) in [5, 5.41) is 13.7. The van der Waals surface area contributed by atoms with Gasteiger partial charge in [-0.3, -0.25) is 4.90 Å². The number of aromatic hydroxyl groups is 1. The summed E-state index contributed by atoms with van der Waals surface area (Å²) in [7, 11) is 0. The molecule has 1 saturated heterocycles. The van der Waals surface area contributed by atoms with Crippen LogP contribution in [0.3, 0.4) is 0 Å². The third-order valence-electron chi connectivity index (χ3n) is 4.39. The summed E-state index contributed by atoms with van der Waals surface area (Å²) >= 11 is 0. The molecule has 1 aliphatic heterocycles. The Morgan fingerprint density at radius 1 is 1.32 bits per heavy atom. The largest absolute Gasteiger partial charge is 0.508 e. The second-order valence-electron chi connectivity index (χ2n) is 6.04. The second-order valence-corrected chi connectivity index (χ2v) is 6.04. The van der Waals surface area contributed by atoms with Crippen LogP contribution in [0.2, 0.25) is 0 Å². The molecule has 3 nitrogen and oxygen atoms in total. The predicted molar refractivity (Wildman–Crippen MR) is 77.4 cm³/mol. The molecule has 2 aliphatic rings. The van der Waals surface area contributed by atoms with Crippen molar-refractivity contribution in [1.29, 1.82) is 0 Å². The maximum atomic E-state index is 10.3. The highest BCUT2D eigenvalue weighted by Gasteiger charge is 2.31. The Kier molecular flexibility index (Phi) is 3.76. The number of rotatable bonds is 4. The van der Waals surface area contributed by atoms with Gasteiger partial charge in [-0.15, -0.1) is 0 Å². The van der Waals surface area contributed by atoms with E-state index in [2.05, 4.69) is 22.3 Å². The molecule has 2 N–H and O–H groups in total. The summed E-state index contributed by atoms with van der Waals surface area (Å²) in [4.78, 5) is 2.54. The highest BCUT2D eigenvalue weighted by atomic mass is 16.3. The number of benzene rings is 1. The van der Waals surface area contributed by atoms with Crippen molar-refractivity contribution < 1.29 is 5.11 Å². The molecule has 0 aromatic heterocycles. The van der Waals surface area contributed by atoms with Gasteiger partial charge in [0.05, 0.1) is 0 Å². The number of aryl methyl sites for hydroxylation is 1. The lowest BCUT2D eigenvalue weighted by molar-refractivity contribution is 0.158. The van der Waals surface area contributed by atoms with E-state index < -0.39 is 0 Å². The van der Waals surface area contributed by atoms with Crippen LogP contribution in [0.4, 0.5) is 0 Å². The van der Waals surface area contributed by atoms with Gasteiger partial charge in [-0.1, -0.05) is 25.0 Å². The molecule has 1 atom stereocenters. The monoisotopic (exact) mass is 260 g/mol. The number of hydrogen-bond acceptors (Lipinski definition) is 3. The first-order valence-electron chi connectivity index (χ1n) is 7.48. The molecule has 1 saturated carbocycles. The lowest BCUT2D eigenvalue weighted by Gasteiger charge is -2.35. The van der Waals surface area contributed by atoms with E-state index in [4.69, 9.17) is 0 Å².